The average molecular weight is 356 g/mol. The summed E-state index contributed by atoms with van der Waals surface area (Å²) in [6, 6.07) is 5.62. The predicted octanol–water partition coefficient (Wildman–Crippen LogP) is 2.61. The van der Waals surface area contributed by atoms with E-state index in [2.05, 4.69) is 9.97 Å². The van der Waals surface area contributed by atoms with Gasteiger partial charge in [-0.15, -0.1) is 0 Å². The van der Waals surface area contributed by atoms with Crippen molar-refractivity contribution in [2.24, 2.45) is 5.73 Å². The first kappa shape index (κ1) is 16.1. The van der Waals surface area contributed by atoms with E-state index in [4.69, 9.17) is 17.3 Å². The summed E-state index contributed by atoms with van der Waals surface area (Å²) >= 11 is 6.40. The maximum absolute atomic E-state index is 12.7. The van der Waals surface area contributed by atoms with Gasteiger partial charge in [0.1, 0.15) is 0 Å². The largest absolute Gasteiger partial charge is 0.338 e. The van der Waals surface area contributed by atoms with Crippen LogP contribution in [0.3, 0.4) is 0 Å². The third-order valence-electron chi connectivity index (χ3n) is 4.60. The van der Waals surface area contributed by atoms with E-state index in [1.165, 1.54) is 0 Å². The highest BCUT2D eigenvalue weighted by Gasteiger charge is 2.23. The number of piperidine rings is 1. The number of amides is 1. The van der Waals surface area contributed by atoms with E-state index in [-0.39, 0.29) is 11.9 Å². The number of hydrogen-bond donors (Lipinski definition) is 1. The van der Waals surface area contributed by atoms with Crippen LogP contribution in [0, 0.1) is 0 Å². The van der Waals surface area contributed by atoms with E-state index in [1.807, 2.05) is 27.8 Å². The van der Waals surface area contributed by atoms with Gasteiger partial charge in [0.05, 0.1) is 22.5 Å². The Balaban J connectivity index is 1.61. The summed E-state index contributed by atoms with van der Waals surface area (Å²) in [6.45, 7) is 1.36. The van der Waals surface area contributed by atoms with Gasteiger partial charge < -0.3 is 15.0 Å². The number of carbonyl (C=O) groups excluding carboxylic acids is 1. The third-order valence-corrected chi connectivity index (χ3v) is 4.91. The van der Waals surface area contributed by atoms with Gasteiger partial charge in [0, 0.05) is 43.3 Å². The van der Waals surface area contributed by atoms with Crippen molar-refractivity contribution in [2.75, 3.05) is 13.1 Å². The van der Waals surface area contributed by atoms with Crippen molar-refractivity contribution in [3.05, 3.63) is 53.6 Å². The Labute approximate surface area is 150 Å². The molecule has 3 aromatic rings. The molecule has 1 saturated heterocycles. The lowest BCUT2D eigenvalue weighted by molar-refractivity contribution is 0.0715. The van der Waals surface area contributed by atoms with Gasteiger partial charge in [-0.3, -0.25) is 9.78 Å². The number of fused-ring (bicyclic) bond motifs is 1. The lowest BCUT2D eigenvalue weighted by atomic mass is 10.0. The lowest BCUT2D eigenvalue weighted by Crippen LogP contribution is -2.42. The van der Waals surface area contributed by atoms with E-state index in [0.29, 0.717) is 23.7 Å². The highest BCUT2D eigenvalue weighted by molar-refractivity contribution is 6.34. The second kappa shape index (κ2) is 6.46. The SMILES string of the molecule is NC1CCN(C(=O)c2ccc(-c3cn4ccnc4cn3)cc2Cl)CC1. The Kier molecular flexibility index (Phi) is 4.15. The Morgan fingerprint density at radius 3 is 2.80 bits per heavy atom. The highest BCUT2D eigenvalue weighted by Crippen LogP contribution is 2.26. The Morgan fingerprint density at radius 2 is 2.04 bits per heavy atom. The van der Waals surface area contributed by atoms with E-state index in [0.717, 1.165) is 29.7 Å². The molecule has 1 fully saturated rings. The molecular formula is C18H18ClN5O. The minimum absolute atomic E-state index is 0.0403. The van der Waals surface area contributed by atoms with Crippen molar-refractivity contribution in [3.63, 3.8) is 0 Å². The molecule has 1 aliphatic rings. The number of imidazole rings is 1. The van der Waals surface area contributed by atoms with Crippen LogP contribution in [0.1, 0.15) is 23.2 Å². The standard InChI is InChI=1S/C18H18ClN5O/c19-15-9-12(16-11-24-8-5-21-17(24)10-22-16)1-2-14(15)18(25)23-6-3-13(20)4-7-23/h1-2,5,8-11,13H,3-4,6-7,20H2. The van der Waals surface area contributed by atoms with Crippen molar-refractivity contribution in [2.45, 2.75) is 18.9 Å². The second-order valence-electron chi connectivity index (χ2n) is 6.29. The van der Waals surface area contributed by atoms with Gasteiger partial charge >= 0.3 is 0 Å². The van der Waals surface area contributed by atoms with Crippen LogP contribution in [0.25, 0.3) is 16.9 Å². The number of nitrogens with zero attached hydrogens (tertiary/aromatic N) is 4. The van der Waals surface area contributed by atoms with Crippen molar-refractivity contribution in [1.82, 2.24) is 19.3 Å². The fourth-order valence-electron chi connectivity index (χ4n) is 3.10. The minimum atomic E-state index is -0.0403. The van der Waals surface area contributed by atoms with Crippen molar-refractivity contribution >= 4 is 23.2 Å². The molecule has 1 aromatic carbocycles. The summed E-state index contributed by atoms with van der Waals surface area (Å²) in [6.07, 6.45) is 8.84. The summed E-state index contributed by atoms with van der Waals surface area (Å²) in [7, 11) is 0. The Morgan fingerprint density at radius 1 is 1.24 bits per heavy atom. The zero-order chi connectivity index (χ0) is 17.4. The van der Waals surface area contributed by atoms with Crippen LogP contribution in [0.15, 0.2) is 43.0 Å². The summed E-state index contributed by atoms with van der Waals surface area (Å²) < 4.78 is 1.90. The molecule has 3 heterocycles. The topological polar surface area (TPSA) is 76.5 Å². The van der Waals surface area contributed by atoms with Crippen LogP contribution in [0.2, 0.25) is 5.02 Å². The molecule has 0 radical (unpaired) electrons. The van der Waals surface area contributed by atoms with Crippen molar-refractivity contribution in [1.29, 1.82) is 0 Å². The number of carbonyl (C=O) groups is 1. The monoisotopic (exact) mass is 355 g/mol. The Hall–Kier alpha value is -2.44. The average Bonchev–Trinajstić information content (AvgIpc) is 3.09. The summed E-state index contributed by atoms with van der Waals surface area (Å²) in [4.78, 5) is 23.1. The molecule has 7 heteroatoms. The molecule has 0 saturated carbocycles. The fourth-order valence-corrected chi connectivity index (χ4v) is 3.36. The molecule has 1 aliphatic heterocycles. The number of benzene rings is 1. The van der Waals surface area contributed by atoms with Gasteiger partial charge in [-0.2, -0.15) is 0 Å². The second-order valence-corrected chi connectivity index (χ2v) is 6.70. The first-order valence-corrected chi connectivity index (χ1v) is 8.63. The fraction of sp³-hybridized carbons (Fsp3) is 0.278. The molecule has 0 spiro atoms. The van der Waals surface area contributed by atoms with E-state index in [1.54, 1.807) is 24.5 Å². The van der Waals surface area contributed by atoms with E-state index < -0.39 is 0 Å². The van der Waals surface area contributed by atoms with Crippen LogP contribution in [-0.4, -0.2) is 44.3 Å². The normalized spacial score (nSPS) is 15.7. The van der Waals surface area contributed by atoms with E-state index >= 15 is 0 Å². The molecule has 6 nitrogen and oxygen atoms in total. The molecule has 25 heavy (non-hydrogen) atoms. The van der Waals surface area contributed by atoms with Crippen LogP contribution in [-0.2, 0) is 0 Å². The molecule has 1 amide bonds. The maximum Gasteiger partial charge on any atom is 0.255 e. The molecular weight excluding hydrogens is 338 g/mol. The van der Waals surface area contributed by atoms with Gasteiger partial charge in [-0.1, -0.05) is 17.7 Å². The van der Waals surface area contributed by atoms with Gasteiger partial charge in [0.2, 0.25) is 0 Å². The molecule has 2 aromatic heterocycles. The summed E-state index contributed by atoms with van der Waals surface area (Å²) in [5.74, 6) is -0.0403. The van der Waals surface area contributed by atoms with Gasteiger partial charge in [-0.05, 0) is 25.0 Å². The van der Waals surface area contributed by atoms with E-state index in [9.17, 15) is 4.79 Å². The molecule has 0 atom stereocenters. The van der Waals surface area contributed by atoms with Crippen molar-refractivity contribution in [3.8, 4) is 11.3 Å². The van der Waals surface area contributed by atoms with Gasteiger partial charge in [-0.25, -0.2) is 4.98 Å². The first-order valence-electron chi connectivity index (χ1n) is 8.25. The first-order chi connectivity index (χ1) is 12.1. The number of halogens is 1. The zero-order valence-corrected chi connectivity index (χ0v) is 14.4. The number of nitrogens with two attached hydrogens (primary N) is 1. The number of likely N-dealkylation sites (tertiary alicyclic amines) is 1. The summed E-state index contributed by atoms with van der Waals surface area (Å²) in [5.41, 5.74) is 8.84. The van der Waals surface area contributed by atoms with Crippen LogP contribution in [0.4, 0.5) is 0 Å². The van der Waals surface area contributed by atoms with Crippen LogP contribution in [0.5, 0.6) is 0 Å². The predicted molar refractivity (Wildman–Crippen MR) is 96.5 cm³/mol. The molecule has 0 bridgehead atoms. The number of aromatic nitrogens is 3. The molecule has 2 N–H and O–H groups in total. The van der Waals surface area contributed by atoms with Gasteiger partial charge in [0.15, 0.2) is 5.65 Å². The minimum Gasteiger partial charge on any atom is -0.338 e. The number of hydrogen-bond acceptors (Lipinski definition) is 4. The molecule has 0 aliphatic carbocycles. The number of rotatable bonds is 2. The maximum atomic E-state index is 12.7. The van der Waals surface area contributed by atoms with Crippen molar-refractivity contribution < 1.29 is 4.79 Å². The summed E-state index contributed by atoms with van der Waals surface area (Å²) in [5, 5.41) is 0.435. The Bertz CT molecular complexity index is 930. The quantitative estimate of drug-likeness (QED) is 0.766. The van der Waals surface area contributed by atoms with Gasteiger partial charge in [0.25, 0.3) is 5.91 Å². The van der Waals surface area contributed by atoms with Crippen LogP contribution < -0.4 is 5.73 Å². The zero-order valence-electron chi connectivity index (χ0n) is 13.6. The highest BCUT2D eigenvalue weighted by atomic mass is 35.5. The molecule has 128 valence electrons. The molecule has 4 rings (SSSR count). The lowest BCUT2D eigenvalue weighted by Gasteiger charge is -2.30. The smallest absolute Gasteiger partial charge is 0.255 e. The third kappa shape index (κ3) is 3.10. The van der Waals surface area contributed by atoms with Crippen LogP contribution >= 0.6 is 11.6 Å². The molecule has 0 unspecified atom stereocenters.